The van der Waals surface area contributed by atoms with Gasteiger partial charge in [0.1, 0.15) is 11.5 Å². The molecule has 2 aromatic rings. The molecule has 0 aliphatic carbocycles. The number of esters is 1. The van der Waals surface area contributed by atoms with Gasteiger partial charge in [-0.3, -0.25) is 0 Å². The van der Waals surface area contributed by atoms with Crippen LogP contribution in [-0.4, -0.2) is 19.1 Å². The number of methoxy groups -OCH3 is 1. The van der Waals surface area contributed by atoms with E-state index in [9.17, 15) is 9.59 Å². The number of ether oxygens (including phenoxy) is 2. The fourth-order valence-corrected chi connectivity index (χ4v) is 2.85. The van der Waals surface area contributed by atoms with E-state index in [1.165, 1.54) is 7.11 Å². The molecule has 2 amide bonds. The zero-order valence-electron chi connectivity index (χ0n) is 14.2. The molecule has 7 heteroatoms. The van der Waals surface area contributed by atoms with Crippen molar-refractivity contribution < 1.29 is 19.1 Å². The Labute approximate surface area is 155 Å². The van der Waals surface area contributed by atoms with Crippen molar-refractivity contribution in [2.45, 2.75) is 13.0 Å². The minimum Gasteiger partial charge on any atom is -0.466 e. The summed E-state index contributed by atoms with van der Waals surface area (Å²) in [4.78, 5) is 24.0. The van der Waals surface area contributed by atoms with Crippen LogP contribution in [0.15, 0.2) is 59.8 Å². The number of halogens is 1. The minimum absolute atomic E-state index is 0.343. The van der Waals surface area contributed by atoms with Gasteiger partial charge in [-0.25, -0.2) is 9.59 Å². The lowest BCUT2D eigenvalue weighted by Gasteiger charge is -2.28. The van der Waals surface area contributed by atoms with E-state index < -0.39 is 12.0 Å². The molecular weight excluding hydrogens is 356 g/mol. The second kappa shape index (κ2) is 7.49. The maximum Gasteiger partial charge on any atom is 0.337 e. The summed E-state index contributed by atoms with van der Waals surface area (Å²) >= 11 is 5.88. The summed E-state index contributed by atoms with van der Waals surface area (Å²) in [6.45, 7) is 1.66. The van der Waals surface area contributed by atoms with Crippen LogP contribution in [0.4, 0.5) is 4.79 Å². The highest BCUT2D eigenvalue weighted by molar-refractivity contribution is 6.30. The van der Waals surface area contributed by atoms with Crippen molar-refractivity contribution in [3.63, 3.8) is 0 Å². The minimum atomic E-state index is -0.634. The third-order valence-corrected chi connectivity index (χ3v) is 4.17. The van der Waals surface area contributed by atoms with E-state index in [0.29, 0.717) is 33.4 Å². The highest BCUT2D eigenvalue weighted by Crippen LogP contribution is 2.31. The van der Waals surface area contributed by atoms with Crippen molar-refractivity contribution in [1.29, 1.82) is 0 Å². The van der Waals surface area contributed by atoms with E-state index >= 15 is 0 Å². The average Bonchev–Trinajstić information content (AvgIpc) is 2.63. The molecule has 2 N–H and O–H groups in total. The Kier molecular flexibility index (Phi) is 5.14. The van der Waals surface area contributed by atoms with Gasteiger partial charge in [0.2, 0.25) is 0 Å². The molecule has 3 rings (SSSR count). The van der Waals surface area contributed by atoms with Crippen LogP contribution in [0.3, 0.4) is 0 Å². The molecule has 1 aliphatic heterocycles. The van der Waals surface area contributed by atoms with Crippen LogP contribution >= 0.6 is 11.6 Å². The molecule has 0 saturated carbocycles. The number of carbonyl (C=O) groups is 2. The fourth-order valence-electron chi connectivity index (χ4n) is 2.72. The van der Waals surface area contributed by atoms with Gasteiger partial charge in [0.25, 0.3) is 0 Å². The van der Waals surface area contributed by atoms with Crippen LogP contribution < -0.4 is 15.4 Å². The topological polar surface area (TPSA) is 76.7 Å². The predicted octanol–water partition coefficient (Wildman–Crippen LogP) is 3.93. The maximum absolute atomic E-state index is 12.2. The van der Waals surface area contributed by atoms with Crippen LogP contribution in [0.5, 0.6) is 11.5 Å². The first-order valence-electron chi connectivity index (χ1n) is 7.88. The largest absolute Gasteiger partial charge is 0.466 e. The Morgan fingerprint density at radius 3 is 2.54 bits per heavy atom. The molecular formula is C19H17ClN2O4. The zero-order valence-corrected chi connectivity index (χ0v) is 15.0. The average molecular weight is 373 g/mol. The normalized spacial score (nSPS) is 16.6. The van der Waals surface area contributed by atoms with E-state index in [0.717, 1.165) is 0 Å². The molecule has 2 aromatic carbocycles. The number of carbonyl (C=O) groups excluding carboxylic acids is 2. The summed E-state index contributed by atoms with van der Waals surface area (Å²) in [5.41, 5.74) is 1.50. The molecule has 26 heavy (non-hydrogen) atoms. The summed E-state index contributed by atoms with van der Waals surface area (Å²) in [5.74, 6) is 0.685. The number of allylic oxidation sites excluding steroid dienone is 1. The third-order valence-electron chi connectivity index (χ3n) is 3.92. The smallest absolute Gasteiger partial charge is 0.337 e. The predicted molar refractivity (Wildman–Crippen MR) is 97.1 cm³/mol. The maximum atomic E-state index is 12.2. The number of hydrogen-bond donors (Lipinski definition) is 2. The molecule has 1 atom stereocenters. The van der Waals surface area contributed by atoms with Crippen molar-refractivity contribution in [3.8, 4) is 11.5 Å². The van der Waals surface area contributed by atoms with Gasteiger partial charge in [0.15, 0.2) is 0 Å². The fraction of sp³-hybridized carbons (Fsp3) is 0.158. The van der Waals surface area contributed by atoms with E-state index in [2.05, 4.69) is 10.6 Å². The quantitative estimate of drug-likeness (QED) is 0.797. The van der Waals surface area contributed by atoms with Crippen molar-refractivity contribution in [3.05, 3.63) is 70.4 Å². The summed E-state index contributed by atoms with van der Waals surface area (Å²) in [6, 6.07) is 13.1. The number of hydrogen-bond acceptors (Lipinski definition) is 4. The molecule has 6 nitrogen and oxygen atoms in total. The second-order valence-corrected chi connectivity index (χ2v) is 6.13. The van der Waals surface area contributed by atoms with Gasteiger partial charge in [-0.15, -0.1) is 0 Å². The van der Waals surface area contributed by atoms with Crippen LogP contribution in [0, 0.1) is 0 Å². The van der Waals surface area contributed by atoms with E-state index in [1.54, 1.807) is 55.5 Å². The summed E-state index contributed by atoms with van der Waals surface area (Å²) in [7, 11) is 1.30. The number of benzene rings is 2. The Morgan fingerprint density at radius 2 is 1.85 bits per heavy atom. The van der Waals surface area contributed by atoms with Crippen LogP contribution in [0.25, 0.3) is 0 Å². The van der Waals surface area contributed by atoms with Crippen LogP contribution in [0.1, 0.15) is 18.5 Å². The SMILES string of the molecule is COC(=O)C1=C(C)NC(=O)NC1c1cccc(Oc2ccc(Cl)cc2)c1. The molecule has 134 valence electrons. The van der Waals surface area contributed by atoms with Gasteiger partial charge in [-0.2, -0.15) is 0 Å². The van der Waals surface area contributed by atoms with Crippen molar-refractivity contribution >= 4 is 23.6 Å². The molecule has 1 heterocycles. The van der Waals surface area contributed by atoms with Crippen LogP contribution in [0.2, 0.25) is 5.02 Å². The first kappa shape index (κ1) is 17.8. The lowest BCUT2D eigenvalue weighted by Crippen LogP contribution is -2.45. The number of urea groups is 1. The monoisotopic (exact) mass is 372 g/mol. The standard InChI is InChI=1S/C19H17ClN2O4/c1-11-16(18(23)25-2)17(22-19(24)21-11)12-4-3-5-15(10-12)26-14-8-6-13(20)7-9-14/h3-10,17H,1-2H3,(H2,21,22,24). The molecule has 1 unspecified atom stereocenters. The molecule has 1 aliphatic rings. The van der Waals surface area contributed by atoms with E-state index in [1.807, 2.05) is 0 Å². The highest BCUT2D eigenvalue weighted by atomic mass is 35.5. The molecule has 0 bridgehead atoms. The van der Waals surface area contributed by atoms with Crippen molar-refractivity contribution in [1.82, 2.24) is 10.6 Å². The molecule has 0 saturated heterocycles. The van der Waals surface area contributed by atoms with E-state index in [4.69, 9.17) is 21.1 Å². The van der Waals surface area contributed by atoms with Crippen molar-refractivity contribution in [2.75, 3.05) is 7.11 Å². The summed E-state index contributed by atoms with van der Waals surface area (Å²) < 4.78 is 10.7. The lowest BCUT2D eigenvalue weighted by molar-refractivity contribution is -0.136. The summed E-state index contributed by atoms with van der Waals surface area (Å²) in [5, 5.41) is 5.95. The summed E-state index contributed by atoms with van der Waals surface area (Å²) in [6.07, 6.45) is 0. The Balaban J connectivity index is 1.92. The Hall–Kier alpha value is -2.99. The number of amides is 2. The first-order valence-corrected chi connectivity index (χ1v) is 8.25. The van der Waals surface area contributed by atoms with Gasteiger partial charge < -0.3 is 20.1 Å². The molecule has 0 aromatic heterocycles. The van der Waals surface area contributed by atoms with Crippen LogP contribution in [-0.2, 0) is 9.53 Å². The Bertz CT molecular complexity index is 877. The first-order chi connectivity index (χ1) is 12.5. The van der Waals surface area contributed by atoms with Gasteiger partial charge in [0.05, 0.1) is 18.7 Å². The van der Waals surface area contributed by atoms with Crippen molar-refractivity contribution in [2.24, 2.45) is 0 Å². The lowest BCUT2D eigenvalue weighted by atomic mass is 9.95. The van der Waals surface area contributed by atoms with Gasteiger partial charge >= 0.3 is 12.0 Å². The van der Waals surface area contributed by atoms with E-state index in [-0.39, 0.29) is 6.03 Å². The number of nitrogens with one attached hydrogen (secondary N) is 2. The third kappa shape index (κ3) is 3.81. The molecule has 0 spiro atoms. The highest BCUT2D eigenvalue weighted by Gasteiger charge is 2.31. The Morgan fingerprint density at radius 1 is 1.12 bits per heavy atom. The zero-order chi connectivity index (χ0) is 18.7. The van der Waals surface area contributed by atoms with Gasteiger partial charge in [-0.1, -0.05) is 23.7 Å². The second-order valence-electron chi connectivity index (χ2n) is 5.69. The number of rotatable bonds is 4. The molecule has 0 fully saturated rings. The van der Waals surface area contributed by atoms with Gasteiger partial charge in [0, 0.05) is 10.7 Å². The van der Waals surface area contributed by atoms with Gasteiger partial charge in [-0.05, 0) is 48.9 Å². The molecule has 0 radical (unpaired) electrons.